The number of hydrogen-bond donors (Lipinski definition) is 1. The van der Waals surface area contributed by atoms with Gasteiger partial charge in [-0.2, -0.15) is 0 Å². The summed E-state index contributed by atoms with van der Waals surface area (Å²) in [5.74, 6) is 0. The van der Waals surface area contributed by atoms with Crippen LogP contribution in [0.3, 0.4) is 0 Å². The van der Waals surface area contributed by atoms with Crippen LogP contribution in [0.4, 0.5) is 0 Å². The Bertz CT molecular complexity index is 267. The molecule has 1 atom stereocenters. The van der Waals surface area contributed by atoms with Crippen LogP contribution in [-0.4, -0.2) is 73.5 Å². The first-order chi connectivity index (χ1) is 9.09. The van der Waals surface area contributed by atoms with Gasteiger partial charge in [0.1, 0.15) is 0 Å². The number of hydrogen-bond acceptors (Lipinski definition) is 4. The quantitative estimate of drug-likeness (QED) is 0.818. The second-order valence-corrected chi connectivity index (χ2v) is 6.49. The lowest BCUT2D eigenvalue weighted by Gasteiger charge is -2.37. The Morgan fingerprint density at radius 1 is 1.32 bits per heavy atom. The van der Waals surface area contributed by atoms with Crippen molar-refractivity contribution in [1.29, 1.82) is 0 Å². The summed E-state index contributed by atoms with van der Waals surface area (Å²) in [6, 6.07) is 0.737. The minimum Gasteiger partial charge on any atom is -0.388 e. The van der Waals surface area contributed by atoms with Gasteiger partial charge < -0.3 is 19.6 Å². The number of rotatable bonds is 5. The van der Waals surface area contributed by atoms with Gasteiger partial charge >= 0.3 is 0 Å². The number of aliphatic hydroxyl groups is 1. The first-order valence-electron chi connectivity index (χ1n) is 7.78. The molecule has 0 aromatic rings. The Kier molecular flexibility index (Phi) is 5.63. The summed E-state index contributed by atoms with van der Waals surface area (Å²) >= 11 is 0. The lowest BCUT2D eigenvalue weighted by atomic mass is 9.93. The topological polar surface area (TPSA) is 35.9 Å². The lowest BCUT2D eigenvalue weighted by molar-refractivity contribution is -0.0774. The molecule has 1 unspecified atom stereocenters. The van der Waals surface area contributed by atoms with Crippen molar-refractivity contribution in [3.8, 4) is 0 Å². The molecule has 0 aromatic carbocycles. The van der Waals surface area contributed by atoms with Crippen LogP contribution >= 0.6 is 0 Å². The van der Waals surface area contributed by atoms with E-state index in [0.717, 1.165) is 32.0 Å². The fraction of sp³-hybridized carbons (Fsp3) is 1.00. The van der Waals surface area contributed by atoms with Crippen molar-refractivity contribution in [2.45, 2.75) is 50.2 Å². The number of nitrogens with zero attached hydrogens (tertiary/aromatic N) is 2. The average molecular weight is 270 g/mol. The summed E-state index contributed by atoms with van der Waals surface area (Å²) in [4.78, 5) is 4.80. The molecular weight excluding hydrogens is 240 g/mol. The molecule has 2 fully saturated rings. The molecule has 2 aliphatic rings. The summed E-state index contributed by atoms with van der Waals surface area (Å²) in [6.45, 7) is 4.52. The molecule has 4 heteroatoms. The van der Waals surface area contributed by atoms with Crippen molar-refractivity contribution in [3.05, 3.63) is 0 Å². The average Bonchev–Trinajstić information content (AvgIpc) is 2.38. The Balaban J connectivity index is 1.70. The fourth-order valence-electron chi connectivity index (χ4n) is 3.37. The summed E-state index contributed by atoms with van der Waals surface area (Å²) in [5.41, 5.74) is -0.522. The molecule has 2 rings (SSSR count). The van der Waals surface area contributed by atoms with Gasteiger partial charge in [-0.05, 0) is 46.4 Å². The number of likely N-dealkylation sites (tertiary alicyclic amines) is 1. The molecule has 0 aliphatic carbocycles. The maximum Gasteiger partial charge on any atom is 0.0817 e. The number of ether oxygens (including phenoxy) is 1. The number of likely N-dealkylation sites (N-methyl/N-ethyl adjacent to an activating group) is 1. The normalized spacial score (nSPS) is 28.7. The molecule has 2 heterocycles. The highest BCUT2D eigenvalue weighted by molar-refractivity contribution is 4.84. The van der Waals surface area contributed by atoms with Crippen LogP contribution in [0, 0.1) is 0 Å². The highest BCUT2D eigenvalue weighted by Gasteiger charge is 2.31. The van der Waals surface area contributed by atoms with Gasteiger partial charge in [-0.1, -0.05) is 6.42 Å². The Morgan fingerprint density at radius 2 is 2.05 bits per heavy atom. The molecule has 1 N–H and O–H groups in total. The SMILES string of the molecule is CN(CCC1CCCCN1C)CC1(O)CCOCC1. The van der Waals surface area contributed by atoms with E-state index in [9.17, 15) is 5.11 Å². The molecule has 112 valence electrons. The summed E-state index contributed by atoms with van der Waals surface area (Å²) in [5, 5.41) is 10.5. The van der Waals surface area contributed by atoms with Crippen molar-refractivity contribution in [2.24, 2.45) is 0 Å². The van der Waals surface area contributed by atoms with Gasteiger partial charge in [0.15, 0.2) is 0 Å². The van der Waals surface area contributed by atoms with E-state index >= 15 is 0 Å². The summed E-state index contributed by atoms with van der Waals surface area (Å²) in [7, 11) is 4.38. The zero-order valence-corrected chi connectivity index (χ0v) is 12.6. The second kappa shape index (κ2) is 7.02. The van der Waals surface area contributed by atoms with Gasteiger partial charge in [-0.3, -0.25) is 0 Å². The molecule has 0 radical (unpaired) electrons. The third kappa shape index (κ3) is 4.71. The predicted octanol–water partition coefficient (Wildman–Crippen LogP) is 1.33. The highest BCUT2D eigenvalue weighted by atomic mass is 16.5. The molecule has 19 heavy (non-hydrogen) atoms. The monoisotopic (exact) mass is 270 g/mol. The first-order valence-corrected chi connectivity index (χ1v) is 7.78. The maximum atomic E-state index is 10.5. The van der Waals surface area contributed by atoms with E-state index in [1.165, 1.54) is 32.2 Å². The van der Waals surface area contributed by atoms with E-state index in [0.29, 0.717) is 13.2 Å². The Labute approximate surface area is 117 Å². The van der Waals surface area contributed by atoms with E-state index in [-0.39, 0.29) is 0 Å². The van der Waals surface area contributed by atoms with E-state index in [4.69, 9.17) is 4.74 Å². The largest absolute Gasteiger partial charge is 0.388 e. The van der Waals surface area contributed by atoms with Gasteiger partial charge in [-0.15, -0.1) is 0 Å². The van der Waals surface area contributed by atoms with Crippen LogP contribution < -0.4 is 0 Å². The molecule has 2 saturated heterocycles. The molecule has 0 aromatic heterocycles. The molecule has 0 amide bonds. The van der Waals surface area contributed by atoms with Gasteiger partial charge in [-0.25, -0.2) is 0 Å². The third-order valence-corrected chi connectivity index (χ3v) is 4.75. The molecule has 4 nitrogen and oxygen atoms in total. The van der Waals surface area contributed by atoms with Crippen molar-refractivity contribution < 1.29 is 9.84 Å². The van der Waals surface area contributed by atoms with Crippen LogP contribution in [0.25, 0.3) is 0 Å². The highest BCUT2D eigenvalue weighted by Crippen LogP contribution is 2.22. The molecule has 0 bridgehead atoms. The molecule has 2 aliphatic heterocycles. The lowest BCUT2D eigenvalue weighted by Crippen LogP contribution is -2.46. The first kappa shape index (κ1) is 15.2. The standard InChI is InChI=1S/C15H30N2O2/c1-16(13-15(18)7-11-19-12-8-15)10-6-14-5-3-4-9-17(14)2/h14,18H,3-13H2,1-2H3. The minimum absolute atomic E-state index is 0.522. The molecule has 0 saturated carbocycles. The number of piperidine rings is 1. The molecule has 0 spiro atoms. The van der Waals surface area contributed by atoms with Gasteiger partial charge in [0.2, 0.25) is 0 Å². The van der Waals surface area contributed by atoms with Gasteiger partial charge in [0.25, 0.3) is 0 Å². The summed E-state index contributed by atoms with van der Waals surface area (Å²) < 4.78 is 5.33. The fourth-order valence-corrected chi connectivity index (χ4v) is 3.37. The van der Waals surface area contributed by atoms with Crippen molar-refractivity contribution >= 4 is 0 Å². The van der Waals surface area contributed by atoms with E-state index in [2.05, 4.69) is 23.9 Å². The third-order valence-electron chi connectivity index (χ3n) is 4.75. The van der Waals surface area contributed by atoms with Crippen molar-refractivity contribution in [1.82, 2.24) is 9.80 Å². The van der Waals surface area contributed by atoms with Gasteiger partial charge in [0, 0.05) is 38.6 Å². The van der Waals surface area contributed by atoms with Crippen LogP contribution in [-0.2, 0) is 4.74 Å². The van der Waals surface area contributed by atoms with Crippen molar-refractivity contribution in [2.75, 3.05) is 46.9 Å². The van der Waals surface area contributed by atoms with E-state index in [1.54, 1.807) is 0 Å². The van der Waals surface area contributed by atoms with Crippen LogP contribution in [0.15, 0.2) is 0 Å². The van der Waals surface area contributed by atoms with Crippen LogP contribution in [0.5, 0.6) is 0 Å². The Hall–Kier alpha value is -0.160. The van der Waals surface area contributed by atoms with E-state index in [1.807, 2.05) is 0 Å². The van der Waals surface area contributed by atoms with Crippen LogP contribution in [0.1, 0.15) is 38.5 Å². The van der Waals surface area contributed by atoms with Gasteiger partial charge in [0.05, 0.1) is 5.60 Å². The van der Waals surface area contributed by atoms with Crippen molar-refractivity contribution in [3.63, 3.8) is 0 Å². The zero-order chi connectivity index (χ0) is 13.7. The second-order valence-electron chi connectivity index (χ2n) is 6.49. The maximum absolute atomic E-state index is 10.5. The van der Waals surface area contributed by atoms with Crippen LogP contribution in [0.2, 0.25) is 0 Å². The predicted molar refractivity (Wildman–Crippen MR) is 77.4 cm³/mol. The Morgan fingerprint density at radius 3 is 2.74 bits per heavy atom. The smallest absolute Gasteiger partial charge is 0.0817 e. The van der Waals surface area contributed by atoms with E-state index < -0.39 is 5.60 Å². The summed E-state index contributed by atoms with van der Waals surface area (Å²) in [6.07, 6.45) is 6.84. The molecular formula is C15H30N2O2. The minimum atomic E-state index is -0.522. The zero-order valence-electron chi connectivity index (χ0n) is 12.6.